The van der Waals surface area contributed by atoms with Gasteiger partial charge >= 0.3 is 6.18 Å². The van der Waals surface area contributed by atoms with Crippen molar-refractivity contribution in [2.45, 2.75) is 37.9 Å². The maximum absolute atomic E-state index is 14.4. The molecule has 0 aromatic heterocycles. The van der Waals surface area contributed by atoms with Crippen LogP contribution >= 0.6 is 34.8 Å². The highest BCUT2D eigenvalue weighted by molar-refractivity contribution is 7.91. The first-order valence-electron chi connectivity index (χ1n) is 10.7. The van der Waals surface area contributed by atoms with Crippen molar-refractivity contribution in [3.63, 3.8) is 0 Å². The highest BCUT2D eigenvalue weighted by Gasteiger charge is 2.36. The lowest BCUT2D eigenvalue weighted by Gasteiger charge is -2.22. The summed E-state index contributed by atoms with van der Waals surface area (Å²) in [6.45, 7) is 1.23. The maximum Gasteiger partial charge on any atom is 0.417 e. The van der Waals surface area contributed by atoms with Crippen LogP contribution in [-0.2, 0) is 17.4 Å². The SMILES string of the molecule is C[C@H](C[S+]([O-])CCF)NC(=O)c1ccc(/C=C/C(c2cc(Cl)c(Cl)c(Cl)c2)C(C)(F)F)cc1C(F)(F)F. The van der Waals surface area contributed by atoms with E-state index in [4.69, 9.17) is 34.8 Å². The molecule has 1 N–H and O–H groups in total. The first kappa shape index (κ1) is 31.6. The van der Waals surface area contributed by atoms with E-state index in [2.05, 4.69) is 5.32 Å². The molecule has 0 spiro atoms. The van der Waals surface area contributed by atoms with Crippen LogP contribution < -0.4 is 5.32 Å². The maximum atomic E-state index is 14.4. The van der Waals surface area contributed by atoms with Crippen LogP contribution in [0.5, 0.6) is 0 Å². The largest absolute Gasteiger partial charge is 0.616 e. The molecular weight excluding hydrogens is 587 g/mol. The standard InChI is InChI=1S/C24H22Cl3F6NO2S/c1-13(12-37(36)8-7-28)34-22(35)16-5-3-14(9-18(16)24(31,32)33)4-6-17(23(2,29)30)15-10-19(25)21(27)20(26)11-15/h3-6,9-11,13,17H,7-8,12H2,1-2H3,(H,34,35)/b6-4+/t13-,17?,37?/m1/s1. The van der Waals surface area contributed by atoms with Crippen molar-refractivity contribution in [1.29, 1.82) is 0 Å². The zero-order valence-corrected chi connectivity index (χ0v) is 22.5. The number of hydrogen-bond acceptors (Lipinski definition) is 2. The van der Waals surface area contributed by atoms with E-state index in [-0.39, 0.29) is 37.7 Å². The van der Waals surface area contributed by atoms with E-state index in [1.54, 1.807) is 0 Å². The number of allylic oxidation sites excluding steroid dienone is 1. The van der Waals surface area contributed by atoms with Crippen molar-refractivity contribution in [3.8, 4) is 0 Å². The van der Waals surface area contributed by atoms with Gasteiger partial charge in [-0.05, 0) is 53.5 Å². The quantitative estimate of drug-likeness (QED) is 0.169. The van der Waals surface area contributed by atoms with Crippen molar-refractivity contribution in [1.82, 2.24) is 5.32 Å². The van der Waals surface area contributed by atoms with Gasteiger partial charge in [0.2, 0.25) is 0 Å². The van der Waals surface area contributed by atoms with Crippen LogP contribution in [0.4, 0.5) is 26.3 Å². The van der Waals surface area contributed by atoms with Gasteiger partial charge in [-0.25, -0.2) is 13.2 Å². The third kappa shape index (κ3) is 8.99. The van der Waals surface area contributed by atoms with Gasteiger partial charge in [-0.1, -0.05) is 53.0 Å². The number of carbonyl (C=O) groups is 1. The molecule has 2 aromatic rings. The number of nitrogens with one attached hydrogen (secondary N) is 1. The number of benzene rings is 2. The van der Waals surface area contributed by atoms with E-state index in [9.17, 15) is 35.7 Å². The summed E-state index contributed by atoms with van der Waals surface area (Å²) < 4.78 is 94.0. The van der Waals surface area contributed by atoms with Crippen molar-refractivity contribution in [2.24, 2.45) is 0 Å². The summed E-state index contributed by atoms with van der Waals surface area (Å²) in [5.74, 6) is -6.41. The van der Waals surface area contributed by atoms with Gasteiger partial charge in [0.25, 0.3) is 11.8 Å². The fourth-order valence-electron chi connectivity index (χ4n) is 3.42. The molecule has 0 bridgehead atoms. The second kappa shape index (κ2) is 13.0. The fourth-order valence-corrected chi connectivity index (χ4v) is 5.02. The van der Waals surface area contributed by atoms with Crippen LogP contribution in [0.25, 0.3) is 6.08 Å². The highest BCUT2D eigenvalue weighted by atomic mass is 35.5. The average Bonchev–Trinajstić information content (AvgIpc) is 2.75. The van der Waals surface area contributed by atoms with Crippen LogP contribution in [0.1, 0.15) is 46.8 Å². The van der Waals surface area contributed by atoms with Crippen LogP contribution in [0, 0.1) is 0 Å². The minimum atomic E-state index is -4.94. The van der Waals surface area contributed by atoms with Crippen molar-refractivity contribution < 1.29 is 35.7 Å². The smallest absolute Gasteiger partial charge is 0.417 e. The predicted octanol–water partition coefficient (Wildman–Crippen LogP) is 7.95. The monoisotopic (exact) mass is 607 g/mol. The summed E-state index contributed by atoms with van der Waals surface area (Å²) in [5.41, 5.74) is -2.10. The van der Waals surface area contributed by atoms with Gasteiger partial charge in [0, 0.05) is 6.92 Å². The third-order valence-electron chi connectivity index (χ3n) is 5.10. The molecule has 3 nitrogen and oxygen atoms in total. The summed E-state index contributed by atoms with van der Waals surface area (Å²) >= 11 is 16.2. The Morgan fingerprint density at radius 3 is 2.22 bits per heavy atom. The molecule has 0 saturated carbocycles. The van der Waals surface area contributed by atoms with Crippen LogP contribution in [0.3, 0.4) is 0 Å². The Morgan fingerprint density at radius 1 is 1.11 bits per heavy atom. The minimum Gasteiger partial charge on any atom is -0.616 e. The molecule has 0 aliphatic heterocycles. The van der Waals surface area contributed by atoms with Gasteiger partial charge in [0.1, 0.15) is 18.2 Å². The zero-order chi connectivity index (χ0) is 28.1. The summed E-state index contributed by atoms with van der Waals surface area (Å²) in [7, 11) is 0. The molecule has 1 amide bonds. The Bertz CT molecular complexity index is 1120. The van der Waals surface area contributed by atoms with Gasteiger partial charge in [-0.2, -0.15) is 13.2 Å². The van der Waals surface area contributed by atoms with Crippen molar-refractivity contribution in [3.05, 3.63) is 73.7 Å². The van der Waals surface area contributed by atoms with Gasteiger partial charge < -0.3 is 9.87 Å². The van der Waals surface area contributed by atoms with E-state index >= 15 is 0 Å². The molecule has 0 radical (unpaired) electrons. The molecule has 0 saturated heterocycles. The first-order valence-corrected chi connectivity index (χ1v) is 13.3. The predicted molar refractivity (Wildman–Crippen MR) is 136 cm³/mol. The molecule has 204 valence electrons. The molecule has 2 aromatic carbocycles. The molecule has 0 aliphatic rings. The minimum absolute atomic E-state index is 0.00525. The zero-order valence-electron chi connectivity index (χ0n) is 19.4. The normalized spacial score (nSPS) is 15.0. The Kier molecular flexibility index (Phi) is 11.1. The summed E-state index contributed by atoms with van der Waals surface area (Å²) in [6.07, 6.45) is -2.87. The van der Waals surface area contributed by atoms with Crippen molar-refractivity contribution in [2.75, 3.05) is 18.2 Å². The van der Waals surface area contributed by atoms with E-state index in [1.165, 1.54) is 25.1 Å². The van der Waals surface area contributed by atoms with Gasteiger partial charge in [-0.15, -0.1) is 0 Å². The lowest BCUT2D eigenvalue weighted by atomic mass is 9.92. The van der Waals surface area contributed by atoms with Gasteiger partial charge in [0.05, 0.1) is 38.2 Å². The van der Waals surface area contributed by atoms with E-state index in [1.807, 2.05) is 0 Å². The van der Waals surface area contributed by atoms with E-state index in [0.717, 1.165) is 18.2 Å². The van der Waals surface area contributed by atoms with Crippen LogP contribution in [0.15, 0.2) is 36.4 Å². The second-order valence-corrected chi connectivity index (χ2v) is 11.1. The molecule has 37 heavy (non-hydrogen) atoms. The topological polar surface area (TPSA) is 52.2 Å². The summed E-state index contributed by atoms with van der Waals surface area (Å²) in [5, 5.41) is 2.16. The Hall–Kier alpha value is -1.59. The molecule has 2 unspecified atom stereocenters. The van der Waals surface area contributed by atoms with Crippen LogP contribution in [-0.4, -0.2) is 40.6 Å². The lowest BCUT2D eigenvalue weighted by Crippen LogP contribution is -2.39. The van der Waals surface area contributed by atoms with Gasteiger partial charge in [0.15, 0.2) is 0 Å². The second-order valence-electron chi connectivity index (χ2n) is 8.27. The molecule has 0 aliphatic carbocycles. The highest BCUT2D eigenvalue weighted by Crippen LogP contribution is 2.40. The molecular formula is C24H22Cl3F6NO2S. The molecule has 2 rings (SSSR count). The number of carbonyl (C=O) groups excluding carboxylic acids is 1. The fraction of sp³-hybridized carbons (Fsp3) is 0.375. The number of rotatable bonds is 10. The lowest BCUT2D eigenvalue weighted by molar-refractivity contribution is -0.138. The molecule has 13 heteroatoms. The summed E-state index contributed by atoms with van der Waals surface area (Å²) in [6, 6.07) is 4.34. The Morgan fingerprint density at radius 2 is 1.70 bits per heavy atom. The van der Waals surface area contributed by atoms with Crippen molar-refractivity contribution >= 4 is 58.0 Å². The molecule has 0 heterocycles. The van der Waals surface area contributed by atoms with E-state index in [0.29, 0.717) is 13.0 Å². The van der Waals surface area contributed by atoms with Crippen LogP contribution in [0.2, 0.25) is 15.1 Å². The molecule has 0 fully saturated rings. The summed E-state index contributed by atoms with van der Waals surface area (Å²) in [4.78, 5) is 12.5. The van der Waals surface area contributed by atoms with E-state index < -0.39 is 58.9 Å². The number of halogens is 9. The third-order valence-corrected chi connectivity index (χ3v) is 7.78. The Balaban J connectivity index is 2.39. The first-order chi connectivity index (χ1) is 17.0. The average molecular weight is 609 g/mol. The number of hydrogen-bond donors (Lipinski definition) is 1. The number of alkyl halides is 6. The number of amides is 1. The molecule has 3 atom stereocenters. The Labute approximate surface area is 228 Å². The van der Waals surface area contributed by atoms with Gasteiger partial charge in [-0.3, -0.25) is 4.79 Å².